The Balaban J connectivity index is 0. The molecule has 3 nitrogen and oxygen atoms in total. The molecule has 0 aromatic rings. The largest absolute Gasteiger partial charge is 0.396 e. The van der Waals surface area contributed by atoms with Crippen molar-refractivity contribution in [2.75, 3.05) is 6.61 Å². The van der Waals surface area contributed by atoms with Crippen molar-refractivity contribution in [3.63, 3.8) is 0 Å². The zero-order valence-electron chi connectivity index (χ0n) is 11.0. The molecule has 3 heteroatoms. The lowest BCUT2D eigenvalue weighted by atomic mass is 9.83. The van der Waals surface area contributed by atoms with Gasteiger partial charge in [0.05, 0.1) is 0 Å². The van der Waals surface area contributed by atoms with Crippen molar-refractivity contribution in [1.29, 1.82) is 0 Å². The topological polar surface area (TPSA) is 60.7 Å². The average Bonchev–Trinajstić information content (AvgIpc) is 2.02. The minimum Gasteiger partial charge on any atom is -0.396 e. The first-order valence-corrected chi connectivity index (χ1v) is 5.60. The first kappa shape index (κ1) is 17.3. The van der Waals surface area contributed by atoms with E-state index in [1.54, 1.807) is 0 Å². The van der Waals surface area contributed by atoms with Crippen LogP contribution in [0.2, 0.25) is 0 Å². The Kier molecular flexibility index (Phi) is 9.31. The van der Waals surface area contributed by atoms with Gasteiger partial charge in [0.25, 0.3) is 0 Å². The van der Waals surface area contributed by atoms with Crippen LogP contribution in [0, 0.1) is 17.3 Å². The molecule has 0 saturated carbocycles. The summed E-state index contributed by atoms with van der Waals surface area (Å²) < 4.78 is 0. The third-order valence-electron chi connectivity index (χ3n) is 2.00. The summed E-state index contributed by atoms with van der Waals surface area (Å²) in [6.07, 6.45) is -0.361. The third kappa shape index (κ3) is 11.8. The van der Waals surface area contributed by atoms with E-state index in [-0.39, 0.29) is 5.41 Å². The Bertz CT molecular complexity index is 140. The second-order valence-corrected chi connectivity index (χ2v) is 5.54. The van der Waals surface area contributed by atoms with Gasteiger partial charge in [-0.1, -0.05) is 41.5 Å². The molecule has 0 amide bonds. The van der Waals surface area contributed by atoms with Crippen LogP contribution in [0.4, 0.5) is 0 Å². The summed E-state index contributed by atoms with van der Waals surface area (Å²) in [7, 11) is 0. The van der Waals surface area contributed by atoms with Crippen molar-refractivity contribution < 1.29 is 15.3 Å². The Labute approximate surface area is 94.1 Å². The molecule has 0 atom stereocenters. The first-order valence-electron chi connectivity index (χ1n) is 5.60. The van der Waals surface area contributed by atoms with Gasteiger partial charge in [-0.15, -0.1) is 0 Å². The summed E-state index contributed by atoms with van der Waals surface area (Å²) in [5, 5.41) is 25.9. The lowest BCUT2D eigenvalue weighted by molar-refractivity contribution is -0.127. The molecule has 3 N–H and O–H groups in total. The Morgan fingerprint density at radius 2 is 1.27 bits per heavy atom. The van der Waals surface area contributed by atoms with Gasteiger partial charge >= 0.3 is 0 Å². The van der Waals surface area contributed by atoms with Crippen molar-refractivity contribution >= 4 is 0 Å². The molecule has 0 aliphatic rings. The van der Waals surface area contributed by atoms with Gasteiger partial charge in [0.15, 0.2) is 6.29 Å². The standard InChI is InChI=1S/C8H18O2.C4H10O/c1-6(2)5-8(3,4)7(9)10;1-4(2)3-5/h6-7,9-10H,5H2,1-4H3;4-5H,3H2,1-2H3. The number of hydrogen-bond donors (Lipinski definition) is 3. The fourth-order valence-electron chi connectivity index (χ4n) is 1.16. The van der Waals surface area contributed by atoms with Gasteiger partial charge in [0.2, 0.25) is 0 Å². The van der Waals surface area contributed by atoms with E-state index in [0.717, 1.165) is 6.42 Å². The van der Waals surface area contributed by atoms with E-state index in [4.69, 9.17) is 15.3 Å². The van der Waals surface area contributed by atoms with Gasteiger partial charge in [-0.3, -0.25) is 0 Å². The van der Waals surface area contributed by atoms with Crippen LogP contribution in [0.25, 0.3) is 0 Å². The quantitative estimate of drug-likeness (QED) is 0.635. The summed E-state index contributed by atoms with van der Waals surface area (Å²) in [5.74, 6) is 0.951. The first-order chi connectivity index (χ1) is 6.63. The van der Waals surface area contributed by atoms with Gasteiger partial charge in [0.1, 0.15) is 0 Å². The molecule has 0 rings (SSSR count). The zero-order chi connectivity index (χ0) is 12.6. The van der Waals surface area contributed by atoms with E-state index in [1.807, 2.05) is 27.7 Å². The number of aliphatic hydroxyl groups is 3. The molecular formula is C12H28O3. The maximum absolute atomic E-state index is 8.88. The van der Waals surface area contributed by atoms with E-state index in [1.165, 1.54) is 0 Å². The predicted octanol–water partition coefficient (Wildman–Crippen LogP) is 2.00. The number of rotatable bonds is 4. The van der Waals surface area contributed by atoms with Crippen molar-refractivity contribution in [3.8, 4) is 0 Å². The van der Waals surface area contributed by atoms with Gasteiger partial charge in [-0.2, -0.15) is 0 Å². The number of aliphatic hydroxyl groups excluding tert-OH is 2. The molecule has 0 aromatic carbocycles. The average molecular weight is 220 g/mol. The van der Waals surface area contributed by atoms with Crippen LogP contribution in [0.3, 0.4) is 0 Å². The molecule has 0 spiro atoms. The van der Waals surface area contributed by atoms with Crippen LogP contribution in [0.1, 0.15) is 48.0 Å². The van der Waals surface area contributed by atoms with Gasteiger partial charge in [0, 0.05) is 12.0 Å². The highest BCUT2D eigenvalue weighted by Crippen LogP contribution is 2.27. The Morgan fingerprint density at radius 3 is 1.33 bits per heavy atom. The molecule has 0 unspecified atom stereocenters. The predicted molar refractivity (Wildman–Crippen MR) is 63.4 cm³/mol. The number of hydrogen-bond acceptors (Lipinski definition) is 3. The van der Waals surface area contributed by atoms with Gasteiger partial charge in [-0.25, -0.2) is 0 Å². The lowest BCUT2D eigenvalue weighted by Gasteiger charge is -2.28. The molecular weight excluding hydrogens is 192 g/mol. The van der Waals surface area contributed by atoms with Crippen molar-refractivity contribution in [2.24, 2.45) is 17.3 Å². The summed E-state index contributed by atoms with van der Waals surface area (Å²) in [5.41, 5.74) is -0.367. The molecule has 0 heterocycles. The molecule has 0 radical (unpaired) electrons. The fourth-order valence-corrected chi connectivity index (χ4v) is 1.16. The molecule has 15 heavy (non-hydrogen) atoms. The molecule has 0 aliphatic carbocycles. The van der Waals surface area contributed by atoms with Crippen molar-refractivity contribution in [1.82, 2.24) is 0 Å². The van der Waals surface area contributed by atoms with Crippen molar-refractivity contribution in [2.45, 2.75) is 54.3 Å². The molecule has 0 bridgehead atoms. The highest BCUT2D eigenvalue weighted by molar-refractivity contribution is 4.71. The van der Waals surface area contributed by atoms with Gasteiger partial charge in [-0.05, 0) is 18.3 Å². The zero-order valence-corrected chi connectivity index (χ0v) is 11.0. The van der Waals surface area contributed by atoms with Gasteiger partial charge < -0.3 is 15.3 Å². The van der Waals surface area contributed by atoms with Crippen LogP contribution in [0.15, 0.2) is 0 Å². The highest BCUT2D eigenvalue weighted by atomic mass is 16.5. The molecule has 0 aliphatic heterocycles. The molecule has 0 aromatic heterocycles. The minimum atomic E-state index is -1.20. The van der Waals surface area contributed by atoms with E-state index >= 15 is 0 Å². The SMILES string of the molecule is CC(C)CC(C)(C)C(O)O.CC(C)CO. The molecule has 94 valence electrons. The highest BCUT2D eigenvalue weighted by Gasteiger charge is 2.26. The normalized spacial score (nSPS) is 12.0. The van der Waals surface area contributed by atoms with Crippen LogP contribution < -0.4 is 0 Å². The van der Waals surface area contributed by atoms with Crippen LogP contribution in [0.5, 0.6) is 0 Å². The smallest absolute Gasteiger partial charge is 0.156 e. The summed E-state index contributed by atoms with van der Waals surface area (Å²) in [4.78, 5) is 0. The monoisotopic (exact) mass is 220 g/mol. The maximum Gasteiger partial charge on any atom is 0.156 e. The van der Waals surface area contributed by atoms with Crippen molar-refractivity contribution in [3.05, 3.63) is 0 Å². The van der Waals surface area contributed by atoms with Crippen LogP contribution in [-0.2, 0) is 0 Å². The van der Waals surface area contributed by atoms with E-state index in [0.29, 0.717) is 18.4 Å². The summed E-state index contributed by atoms with van der Waals surface area (Å²) >= 11 is 0. The molecule has 0 fully saturated rings. The summed E-state index contributed by atoms with van der Waals surface area (Å²) in [6, 6.07) is 0. The molecule has 0 saturated heterocycles. The van der Waals surface area contributed by atoms with Crippen LogP contribution >= 0.6 is 0 Å². The Hall–Kier alpha value is -0.120. The van der Waals surface area contributed by atoms with E-state index in [9.17, 15) is 0 Å². The maximum atomic E-state index is 8.88. The second kappa shape index (κ2) is 8.08. The third-order valence-corrected chi connectivity index (χ3v) is 2.00. The Morgan fingerprint density at radius 1 is 0.933 bits per heavy atom. The van der Waals surface area contributed by atoms with Crippen LogP contribution in [-0.4, -0.2) is 28.2 Å². The van der Waals surface area contributed by atoms with E-state index < -0.39 is 6.29 Å². The van der Waals surface area contributed by atoms with E-state index in [2.05, 4.69) is 13.8 Å². The summed E-state index contributed by atoms with van der Waals surface area (Å²) in [6.45, 7) is 12.1. The lowest BCUT2D eigenvalue weighted by Crippen LogP contribution is -2.30. The second-order valence-electron chi connectivity index (χ2n) is 5.54. The minimum absolute atomic E-state index is 0.306. The fraction of sp³-hybridized carbons (Fsp3) is 1.00.